The van der Waals surface area contributed by atoms with Crippen LogP contribution >= 0.6 is 11.8 Å². The van der Waals surface area contributed by atoms with Crippen LogP contribution in [0, 0.1) is 10.1 Å². The van der Waals surface area contributed by atoms with Crippen LogP contribution in [0.25, 0.3) is 0 Å². The minimum Gasteiger partial charge on any atom is -0.265 e. The zero-order valence-corrected chi connectivity index (χ0v) is 9.90. The maximum Gasteiger partial charge on any atom is 0.269 e. The molecule has 0 aromatic heterocycles. The van der Waals surface area contributed by atoms with Crippen LogP contribution in [-0.2, 0) is 0 Å². The zero-order valence-electron chi connectivity index (χ0n) is 9.08. The van der Waals surface area contributed by atoms with E-state index in [1.54, 1.807) is 30.9 Å². The quantitative estimate of drug-likeness (QED) is 0.639. The van der Waals surface area contributed by atoms with Gasteiger partial charge in [-0.3, -0.25) is 20.5 Å². The average Bonchev–Trinajstić information content (AvgIpc) is 2.39. The standard InChI is InChI=1S/C10H10N4O2S/c1-11-10-13-12-9(6-17-10)7-2-4-8(5-3-7)14(15)16/h2-5H,6H2,1H3,(H,11,13). The Morgan fingerprint density at radius 1 is 1.47 bits per heavy atom. The molecule has 0 radical (unpaired) electrons. The van der Waals surface area contributed by atoms with Crippen LogP contribution in [-0.4, -0.2) is 28.6 Å². The van der Waals surface area contributed by atoms with Crippen molar-refractivity contribution in [3.05, 3.63) is 39.9 Å². The molecule has 1 heterocycles. The van der Waals surface area contributed by atoms with E-state index in [0.717, 1.165) is 16.4 Å². The van der Waals surface area contributed by atoms with E-state index in [1.165, 1.54) is 12.1 Å². The van der Waals surface area contributed by atoms with Crippen molar-refractivity contribution in [1.29, 1.82) is 0 Å². The van der Waals surface area contributed by atoms with Crippen molar-refractivity contribution in [2.24, 2.45) is 10.1 Å². The third-order valence-corrected chi connectivity index (χ3v) is 3.21. The van der Waals surface area contributed by atoms with Gasteiger partial charge in [-0.05, 0) is 17.7 Å². The van der Waals surface area contributed by atoms with Gasteiger partial charge in [0.15, 0.2) is 5.17 Å². The second-order valence-electron chi connectivity index (χ2n) is 3.29. The molecule has 0 saturated heterocycles. The highest BCUT2D eigenvalue weighted by atomic mass is 32.2. The Balaban J connectivity index is 2.19. The predicted octanol–water partition coefficient (Wildman–Crippen LogP) is 1.62. The van der Waals surface area contributed by atoms with E-state index >= 15 is 0 Å². The SMILES string of the molecule is CN=C1NN=C(c2ccc([N+](=O)[O-])cc2)CS1. The van der Waals surface area contributed by atoms with E-state index < -0.39 is 4.92 Å². The summed E-state index contributed by atoms with van der Waals surface area (Å²) < 4.78 is 0. The highest BCUT2D eigenvalue weighted by Crippen LogP contribution is 2.16. The van der Waals surface area contributed by atoms with Crippen molar-refractivity contribution in [2.75, 3.05) is 12.8 Å². The van der Waals surface area contributed by atoms with Gasteiger partial charge in [0.25, 0.3) is 5.69 Å². The van der Waals surface area contributed by atoms with Crippen LogP contribution in [0.2, 0.25) is 0 Å². The summed E-state index contributed by atoms with van der Waals surface area (Å²) >= 11 is 1.55. The Morgan fingerprint density at radius 2 is 2.18 bits per heavy atom. The summed E-state index contributed by atoms with van der Waals surface area (Å²) in [7, 11) is 1.70. The Bertz CT molecular complexity index is 496. The summed E-state index contributed by atoms with van der Waals surface area (Å²) in [6, 6.07) is 6.36. The Morgan fingerprint density at radius 3 is 2.65 bits per heavy atom. The molecule has 1 aliphatic rings. The number of nitro benzene ring substituents is 1. The lowest BCUT2D eigenvalue weighted by atomic mass is 10.1. The maximum absolute atomic E-state index is 10.5. The number of hydrogen-bond donors (Lipinski definition) is 1. The molecule has 1 aromatic carbocycles. The van der Waals surface area contributed by atoms with Crippen molar-refractivity contribution in [3.8, 4) is 0 Å². The monoisotopic (exact) mass is 250 g/mol. The third kappa shape index (κ3) is 2.62. The highest BCUT2D eigenvalue weighted by Gasteiger charge is 2.13. The lowest BCUT2D eigenvalue weighted by Crippen LogP contribution is -2.25. The first-order chi connectivity index (χ1) is 8.20. The summed E-state index contributed by atoms with van der Waals surface area (Å²) in [6.07, 6.45) is 0. The fourth-order valence-electron chi connectivity index (χ4n) is 1.35. The minimum absolute atomic E-state index is 0.0848. The van der Waals surface area contributed by atoms with Crippen molar-refractivity contribution >= 4 is 28.3 Å². The van der Waals surface area contributed by atoms with Crippen molar-refractivity contribution in [2.45, 2.75) is 0 Å². The second kappa shape index (κ2) is 4.96. The van der Waals surface area contributed by atoms with E-state index in [9.17, 15) is 10.1 Å². The highest BCUT2D eigenvalue weighted by molar-refractivity contribution is 8.14. The van der Waals surface area contributed by atoms with Gasteiger partial charge in [0.2, 0.25) is 0 Å². The van der Waals surface area contributed by atoms with Gasteiger partial charge < -0.3 is 0 Å². The van der Waals surface area contributed by atoms with Gasteiger partial charge in [-0.2, -0.15) is 5.10 Å². The molecule has 1 aromatic rings. The molecule has 0 unspecified atom stereocenters. The largest absolute Gasteiger partial charge is 0.269 e. The van der Waals surface area contributed by atoms with E-state index in [4.69, 9.17) is 0 Å². The minimum atomic E-state index is -0.415. The molecule has 88 valence electrons. The van der Waals surface area contributed by atoms with Gasteiger partial charge in [-0.25, -0.2) is 0 Å². The van der Waals surface area contributed by atoms with Gasteiger partial charge in [0, 0.05) is 24.9 Å². The number of nitrogens with zero attached hydrogens (tertiary/aromatic N) is 3. The van der Waals surface area contributed by atoms with Crippen molar-refractivity contribution < 1.29 is 4.92 Å². The Kier molecular flexibility index (Phi) is 3.38. The molecule has 7 heteroatoms. The number of aliphatic imine (C=N–C) groups is 1. The molecule has 1 aliphatic heterocycles. The zero-order chi connectivity index (χ0) is 12.3. The number of non-ortho nitro benzene ring substituents is 1. The van der Waals surface area contributed by atoms with Gasteiger partial charge in [-0.1, -0.05) is 11.8 Å². The van der Waals surface area contributed by atoms with Gasteiger partial charge >= 0.3 is 0 Å². The number of benzene rings is 1. The predicted molar refractivity (Wildman–Crippen MR) is 68.6 cm³/mol. The van der Waals surface area contributed by atoms with Crippen LogP contribution < -0.4 is 5.43 Å². The molecule has 0 bridgehead atoms. The number of amidine groups is 1. The summed E-state index contributed by atoms with van der Waals surface area (Å²) in [5.74, 6) is 0.706. The van der Waals surface area contributed by atoms with Gasteiger partial charge in [0.1, 0.15) is 0 Å². The van der Waals surface area contributed by atoms with E-state index in [-0.39, 0.29) is 5.69 Å². The summed E-state index contributed by atoms with van der Waals surface area (Å²) in [6.45, 7) is 0. The first-order valence-electron chi connectivity index (χ1n) is 4.87. The first-order valence-corrected chi connectivity index (χ1v) is 5.86. The molecule has 0 saturated carbocycles. The summed E-state index contributed by atoms with van der Waals surface area (Å²) in [4.78, 5) is 14.1. The number of hydrazone groups is 1. The number of nitro groups is 1. The molecule has 0 atom stereocenters. The average molecular weight is 250 g/mol. The molecule has 0 spiro atoms. The van der Waals surface area contributed by atoms with Gasteiger partial charge in [0.05, 0.1) is 10.6 Å². The molecular formula is C10H10N4O2S. The molecule has 0 aliphatic carbocycles. The summed E-state index contributed by atoms with van der Waals surface area (Å²) in [5, 5.41) is 15.5. The van der Waals surface area contributed by atoms with Crippen LogP contribution in [0.5, 0.6) is 0 Å². The molecule has 17 heavy (non-hydrogen) atoms. The van der Waals surface area contributed by atoms with Crippen LogP contribution in [0.1, 0.15) is 5.56 Å². The van der Waals surface area contributed by atoms with Crippen LogP contribution in [0.4, 0.5) is 5.69 Å². The third-order valence-electron chi connectivity index (χ3n) is 2.25. The number of rotatable bonds is 2. The normalized spacial score (nSPS) is 17.5. The Hall–Kier alpha value is -1.89. The van der Waals surface area contributed by atoms with E-state index in [0.29, 0.717) is 5.75 Å². The molecule has 6 nitrogen and oxygen atoms in total. The summed E-state index contributed by atoms with van der Waals surface area (Å²) in [5.41, 5.74) is 4.65. The smallest absolute Gasteiger partial charge is 0.265 e. The maximum atomic E-state index is 10.5. The van der Waals surface area contributed by atoms with Gasteiger partial charge in [-0.15, -0.1) is 0 Å². The van der Waals surface area contributed by atoms with E-state index in [2.05, 4.69) is 15.5 Å². The lowest BCUT2D eigenvalue weighted by Gasteiger charge is -2.13. The van der Waals surface area contributed by atoms with Crippen LogP contribution in [0.3, 0.4) is 0 Å². The second-order valence-corrected chi connectivity index (χ2v) is 4.26. The Labute approximate surface area is 102 Å². The van der Waals surface area contributed by atoms with Crippen LogP contribution in [0.15, 0.2) is 34.4 Å². The van der Waals surface area contributed by atoms with Crippen molar-refractivity contribution in [3.63, 3.8) is 0 Å². The molecule has 1 N–H and O–H groups in total. The lowest BCUT2D eigenvalue weighted by molar-refractivity contribution is -0.384. The van der Waals surface area contributed by atoms with E-state index in [1.807, 2.05) is 0 Å². The number of thioether (sulfide) groups is 1. The molecule has 0 amide bonds. The fraction of sp³-hybridized carbons (Fsp3) is 0.200. The molecule has 0 fully saturated rings. The number of nitrogens with one attached hydrogen (secondary N) is 1. The van der Waals surface area contributed by atoms with Crippen molar-refractivity contribution in [1.82, 2.24) is 5.43 Å². The fourth-order valence-corrected chi connectivity index (χ4v) is 2.10. The molecular weight excluding hydrogens is 240 g/mol. The topological polar surface area (TPSA) is 79.9 Å². The molecule has 2 rings (SSSR count). The first kappa shape index (κ1) is 11.6. The number of hydrogen-bond acceptors (Lipinski definition) is 5.